The summed E-state index contributed by atoms with van der Waals surface area (Å²) in [5.41, 5.74) is 1.10. The molecule has 6 atom stereocenters. The first-order valence-electron chi connectivity index (χ1n) is 27.8. The summed E-state index contributed by atoms with van der Waals surface area (Å²) in [4.78, 5) is 0. The third-order valence-corrected chi connectivity index (χ3v) is 18.0. The van der Waals surface area contributed by atoms with Gasteiger partial charge in [-0.15, -0.1) is 0 Å². The Bertz CT molecular complexity index is 1550. The summed E-state index contributed by atoms with van der Waals surface area (Å²) in [5.74, 6) is 0.670. The Kier molecular flexibility index (Phi) is 22.2. The van der Waals surface area contributed by atoms with Crippen molar-refractivity contribution >= 4 is 7.82 Å². The van der Waals surface area contributed by atoms with Crippen molar-refractivity contribution in [1.82, 2.24) is 0 Å². The Morgan fingerprint density at radius 1 is 0.385 bits per heavy atom. The van der Waals surface area contributed by atoms with Crippen LogP contribution >= 0.6 is 7.82 Å². The summed E-state index contributed by atoms with van der Waals surface area (Å²) in [5, 5.41) is 0. The highest BCUT2D eigenvalue weighted by Gasteiger charge is 2.58. The highest BCUT2D eigenvalue weighted by Crippen LogP contribution is 2.70. The largest absolute Gasteiger partial charge is 0.477 e. The van der Waals surface area contributed by atoms with Crippen molar-refractivity contribution in [2.24, 2.45) is 17.8 Å². The predicted molar refractivity (Wildman–Crippen MR) is 275 cm³/mol. The Hall–Kier alpha value is -2.23. The van der Waals surface area contributed by atoms with Crippen LogP contribution in [0.1, 0.15) is 249 Å². The topological polar surface area (TPSA) is 44.8 Å². The number of rotatable bonds is 30. The molecule has 0 aromatic heterocycles. The number of hydrogen-bond acceptors (Lipinski definition) is 4. The van der Waals surface area contributed by atoms with Crippen LogP contribution in [0.15, 0.2) is 91.0 Å². The maximum absolute atomic E-state index is 17.5. The zero-order chi connectivity index (χ0) is 45.5. The van der Waals surface area contributed by atoms with Crippen molar-refractivity contribution in [2.75, 3.05) is 0 Å². The molecular weight excluding hydrogens is 816 g/mol. The van der Waals surface area contributed by atoms with Crippen LogP contribution in [0.2, 0.25) is 0 Å². The molecular formula is C60H93O4P. The molecule has 3 aromatic carbocycles. The first-order chi connectivity index (χ1) is 31.9. The third kappa shape index (κ3) is 14.4. The summed E-state index contributed by atoms with van der Waals surface area (Å²) >= 11 is 0. The molecule has 0 heterocycles. The standard InChI is InChI=1S/C60H93O4P/c1-4-7-10-13-16-22-37-55-46-31-34-49-58(55,52-40-25-19-26-41-52)62-65(61,63-59(53-42-27-20-28-43-53)50-35-32-47-56(59)38-23-17-14-11-8-5-2)64-60(54-44-29-21-30-45-54)51-36-33-48-57(60)39-24-18-15-12-9-6-3/h19-21,25-30,40-45,55-57H,4-18,22-24,31-39,46-51H2,1-3H3. The molecule has 3 saturated carbocycles. The van der Waals surface area contributed by atoms with Gasteiger partial charge in [-0.25, -0.2) is 4.57 Å². The van der Waals surface area contributed by atoms with Gasteiger partial charge in [0.25, 0.3) is 0 Å². The highest BCUT2D eigenvalue weighted by atomic mass is 31.2. The molecule has 3 fully saturated rings. The van der Waals surface area contributed by atoms with Gasteiger partial charge in [-0.2, -0.15) is 0 Å². The van der Waals surface area contributed by atoms with E-state index in [4.69, 9.17) is 13.6 Å². The van der Waals surface area contributed by atoms with Gasteiger partial charge in [0.1, 0.15) is 16.8 Å². The molecule has 0 saturated heterocycles. The van der Waals surface area contributed by atoms with E-state index in [-0.39, 0.29) is 17.8 Å². The number of phosphoric ester groups is 1. The molecule has 0 bridgehead atoms. The van der Waals surface area contributed by atoms with Gasteiger partial charge in [-0.3, -0.25) is 13.6 Å². The summed E-state index contributed by atoms with van der Waals surface area (Å²) in [7, 11) is -4.39. The molecule has 3 aliphatic rings. The second-order valence-corrected chi connectivity index (χ2v) is 22.4. The van der Waals surface area contributed by atoms with Crippen molar-refractivity contribution in [3.63, 3.8) is 0 Å². The van der Waals surface area contributed by atoms with Gasteiger partial charge in [0.05, 0.1) is 0 Å². The lowest BCUT2D eigenvalue weighted by Gasteiger charge is -2.52. The van der Waals surface area contributed by atoms with Gasteiger partial charge in [0.2, 0.25) is 0 Å². The lowest BCUT2D eigenvalue weighted by Crippen LogP contribution is -2.46. The molecule has 0 radical (unpaired) electrons. The molecule has 4 nitrogen and oxygen atoms in total. The summed E-state index contributed by atoms with van der Waals surface area (Å²) < 4.78 is 41.2. The smallest absolute Gasteiger partial charge is 0.275 e. The van der Waals surface area contributed by atoms with E-state index in [1.165, 1.54) is 135 Å². The van der Waals surface area contributed by atoms with Crippen LogP contribution in [0.3, 0.4) is 0 Å². The van der Waals surface area contributed by atoms with Gasteiger partial charge >= 0.3 is 7.82 Å². The average Bonchev–Trinajstić information content (AvgIpc) is 3.34. The average molecular weight is 909 g/mol. The molecule has 0 amide bonds. The van der Waals surface area contributed by atoms with E-state index >= 15 is 4.57 Å². The molecule has 0 spiro atoms. The van der Waals surface area contributed by atoms with Crippen LogP contribution in [0.4, 0.5) is 0 Å². The summed E-state index contributed by atoms with van der Waals surface area (Å²) in [6.45, 7) is 6.90. The van der Waals surface area contributed by atoms with Crippen LogP contribution < -0.4 is 0 Å². The van der Waals surface area contributed by atoms with E-state index in [1.807, 2.05) is 0 Å². The van der Waals surface area contributed by atoms with Crippen LogP contribution in [-0.4, -0.2) is 0 Å². The SMILES string of the molecule is CCCCCCCCC1CCCCC1(OP(=O)(OC1(c2ccccc2)CCCCC1CCCCCCCC)OC1(c2ccccc2)CCCCC1CCCCCCCC)c1ccccc1. The lowest BCUT2D eigenvalue weighted by atomic mass is 9.69. The predicted octanol–water partition coefficient (Wildman–Crippen LogP) is 19.7. The van der Waals surface area contributed by atoms with Gasteiger partial charge in [0.15, 0.2) is 0 Å². The van der Waals surface area contributed by atoms with Gasteiger partial charge in [-0.05, 0) is 92.2 Å². The van der Waals surface area contributed by atoms with Crippen molar-refractivity contribution in [3.05, 3.63) is 108 Å². The minimum atomic E-state index is -4.39. The Labute approximate surface area is 399 Å². The quantitative estimate of drug-likeness (QED) is 0.0494. The van der Waals surface area contributed by atoms with Gasteiger partial charge in [-0.1, -0.05) is 266 Å². The van der Waals surface area contributed by atoms with Crippen molar-refractivity contribution in [3.8, 4) is 0 Å². The Balaban J connectivity index is 1.47. The summed E-state index contributed by atoms with van der Waals surface area (Å²) in [6.07, 6.45) is 38.2. The fourth-order valence-electron chi connectivity index (χ4n) is 12.8. The maximum atomic E-state index is 17.5. The number of benzene rings is 3. The Morgan fingerprint density at radius 3 is 0.923 bits per heavy atom. The first kappa shape index (κ1) is 52.1. The fraction of sp³-hybridized carbons (Fsp3) is 0.700. The minimum Gasteiger partial charge on any atom is -0.275 e. The highest BCUT2D eigenvalue weighted by molar-refractivity contribution is 7.48. The Morgan fingerprint density at radius 2 is 0.646 bits per heavy atom. The van der Waals surface area contributed by atoms with E-state index < -0.39 is 24.6 Å². The van der Waals surface area contributed by atoms with Crippen molar-refractivity contribution in [1.29, 1.82) is 0 Å². The number of hydrogen-bond donors (Lipinski definition) is 0. The molecule has 3 aliphatic carbocycles. The van der Waals surface area contributed by atoms with E-state index in [2.05, 4.69) is 112 Å². The number of unbranched alkanes of at least 4 members (excludes halogenated alkanes) is 15. The van der Waals surface area contributed by atoms with Crippen molar-refractivity contribution in [2.45, 2.75) is 249 Å². The molecule has 3 aromatic rings. The van der Waals surface area contributed by atoms with Crippen LogP contribution in [0.5, 0.6) is 0 Å². The molecule has 0 aliphatic heterocycles. The fourth-order valence-corrected chi connectivity index (χ4v) is 15.1. The zero-order valence-electron chi connectivity index (χ0n) is 41.8. The molecule has 5 heteroatoms. The number of phosphoric acid groups is 1. The normalized spacial score (nSPS) is 27.0. The second kappa shape index (κ2) is 27.7. The molecule has 6 unspecified atom stereocenters. The van der Waals surface area contributed by atoms with Gasteiger partial charge < -0.3 is 0 Å². The van der Waals surface area contributed by atoms with Crippen molar-refractivity contribution < 1.29 is 18.1 Å². The lowest BCUT2D eigenvalue weighted by molar-refractivity contribution is -0.141. The van der Waals surface area contributed by atoms with E-state index in [0.29, 0.717) is 0 Å². The van der Waals surface area contributed by atoms with E-state index in [1.54, 1.807) is 0 Å². The van der Waals surface area contributed by atoms with E-state index in [0.717, 1.165) is 93.7 Å². The van der Waals surface area contributed by atoms with Crippen LogP contribution in [-0.2, 0) is 34.9 Å². The molecule has 362 valence electrons. The van der Waals surface area contributed by atoms with E-state index in [9.17, 15) is 0 Å². The first-order valence-corrected chi connectivity index (χ1v) is 29.3. The third-order valence-electron chi connectivity index (χ3n) is 16.4. The molecule has 0 N–H and O–H groups in total. The minimum absolute atomic E-state index is 0.223. The molecule has 6 rings (SSSR count). The zero-order valence-corrected chi connectivity index (χ0v) is 42.7. The summed E-state index contributed by atoms with van der Waals surface area (Å²) in [6, 6.07) is 32.9. The van der Waals surface area contributed by atoms with Crippen LogP contribution in [0, 0.1) is 17.8 Å². The second-order valence-electron chi connectivity index (χ2n) is 21.0. The monoisotopic (exact) mass is 909 g/mol. The maximum Gasteiger partial charge on any atom is 0.477 e. The molecule has 65 heavy (non-hydrogen) atoms. The van der Waals surface area contributed by atoms with Crippen LogP contribution in [0.25, 0.3) is 0 Å². The van der Waals surface area contributed by atoms with Gasteiger partial charge in [0, 0.05) is 0 Å².